The van der Waals surface area contributed by atoms with Crippen LogP contribution in [0.1, 0.15) is 0 Å². The molecule has 3 N–H and O–H groups in total. The summed E-state index contributed by atoms with van der Waals surface area (Å²) in [6.45, 7) is 3.63. The standard InChI is InChI=1S/C9H12N2O2S/c1-2-6-11-14(12,13)9-5-3-4-8(10)7-9/h2-5,7,11H,1,6,10H2. The summed E-state index contributed by atoms with van der Waals surface area (Å²) in [5.41, 5.74) is 5.89. The maximum absolute atomic E-state index is 11.5. The topological polar surface area (TPSA) is 72.2 Å². The lowest BCUT2D eigenvalue weighted by atomic mass is 10.3. The van der Waals surface area contributed by atoms with Crippen molar-refractivity contribution in [1.82, 2.24) is 4.72 Å². The van der Waals surface area contributed by atoms with Crippen molar-refractivity contribution < 1.29 is 8.42 Å². The van der Waals surface area contributed by atoms with Crippen molar-refractivity contribution >= 4 is 15.7 Å². The third-order valence-corrected chi connectivity index (χ3v) is 3.01. The van der Waals surface area contributed by atoms with Gasteiger partial charge < -0.3 is 5.73 Å². The number of anilines is 1. The van der Waals surface area contributed by atoms with E-state index in [9.17, 15) is 8.42 Å². The number of nitrogen functional groups attached to an aromatic ring is 1. The Balaban J connectivity index is 2.98. The van der Waals surface area contributed by atoms with Gasteiger partial charge in [-0.15, -0.1) is 6.58 Å². The minimum Gasteiger partial charge on any atom is -0.399 e. The second kappa shape index (κ2) is 4.26. The maximum atomic E-state index is 11.5. The molecule has 1 rings (SSSR count). The number of nitrogens with one attached hydrogen (secondary N) is 1. The van der Waals surface area contributed by atoms with Crippen molar-refractivity contribution in [2.24, 2.45) is 0 Å². The summed E-state index contributed by atoms with van der Waals surface area (Å²) in [4.78, 5) is 0.166. The highest BCUT2D eigenvalue weighted by Gasteiger charge is 2.11. The van der Waals surface area contributed by atoms with Crippen LogP contribution in [-0.2, 0) is 10.0 Å². The summed E-state index contributed by atoms with van der Waals surface area (Å²) in [5, 5.41) is 0. The lowest BCUT2D eigenvalue weighted by Crippen LogP contribution is -2.23. The summed E-state index contributed by atoms with van der Waals surface area (Å²) < 4.78 is 25.4. The predicted octanol–water partition coefficient (Wildman–Crippen LogP) is 0.733. The Hall–Kier alpha value is -1.33. The maximum Gasteiger partial charge on any atom is 0.240 e. The minimum atomic E-state index is -3.45. The molecule has 4 nitrogen and oxygen atoms in total. The minimum absolute atomic E-state index is 0.166. The highest BCUT2D eigenvalue weighted by atomic mass is 32.2. The van der Waals surface area contributed by atoms with E-state index in [1.165, 1.54) is 18.2 Å². The molecule has 1 aromatic rings. The molecule has 0 unspecified atom stereocenters. The molecule has 0 aliphatic carbocycles. The van der Waals surface area contributed by atoms with Gasteiger partial charge in [0, 0.05) is 12.2 Å². The van der Waals surface area contributed by atoms with Gasteiger partial charge in [0.2, 0.25) is 10.0 Å². The van der Waals surface area contributed by atoms with Gasteiger partial charge in [-0.25, -0.2) is 13.1 Å². The van der Waals surface area contributed by atoms with Crippen LogP contribution < -0.4 is 10.5 Å². The van der Waals surface area contributed by atoms with Crippen molar-refractivity contribution in [2.45, 2.75) is 4.90 Å². The number of benzene rings is 1. The molecule has 0 radical (unpaired) electrons. The quantitative estimate of drug-likeness (QED) is 0.571. The van der Waals surface area contributed by atoms with E-state index in [0.717, 1.165) is 0 Å². The fourth-order valence-corrected chi connectivity index (χ4v) is 1.99. The Morgan fingerprint density at radius 2 is 2.21 bits per heavy atom. The van der Waals surface area contributed by atoms with Crippen LogP contribution in [0.5, 0.6) is 0 Å². The van der Waals surface area contributed by atoms with E-state index in [0.29, 0.717) is 5.69 Å². The van der Waals surface area contributed by atoms with Crippen LogP contribution in [-0.4, -0.2) is 15.0 Å². The number of sulfonamides is 1. The molecule has 14 heavy (non-hydrogen) atoms. The van der Waals surface area contributed by atoms with Crippen LogP contribution in [0.25, 0.3) is 0 Å². The first-order chi connectivity index (χ1) is 6.56. The zero-order valence-electron chi connectivity index (χ0n) is 7.60. The third kappa shape index (κ3) is 2.58. The molecule has 0 aromatic heterocycles. The van der Waals surface area contributed by atoms with Crippen LogP contribution in [0.2, 0.25) is 0 Å². The highest BCUT2D eigenvalue weighted by molar-refractivity contribution is 7.89. The van der Waals surface area contributed by atoms with E-state index < -0.39 is 10.0 Å². The monoisotopic (exact) mass is 212 g/mol. The summed E-state index contributed by atoms with van der Waals surface area (Å²) >= 11 is 0. The second-order valence-electron chi connectivity index (χ2n) is 2.71. The zero-order valence-corrected chi connectivity index (χ0v) is 8.42. The van der Waals surface area contributed by atoms with Crippen LogP contribution in [0, 0.1) is 0 Å². The third-order valence-electron chi connectivity index (χ3n) is 1.59. The molecular weight excluding hydrogens is 200 g/mol. The van der Waals surface area contributed by atoms with Crippen molar-refractivity contribution in [3.05, 3.63) is 36.9 Å². The zero-order chi connectivity index (χ0) is 10.6. The molecule has 0 spiro atoms. The van der Waals surface area contributed by atoms with E-state index in [4.69, 9.17) is 5.73 Å². The Kier molecular flexibility index (Phi) is 3.27. The Morgan fingerprint density at radius 3 is 2.79 bits per heavy atom. The van der Waals surface area contributed by atoms with E-state index in [1.54, 1.807) is 12.1 Å². The van der Waals surface area contributed by atoms with Crippen molar-refractivity contribution in [3.8, 4) is 0 Å². The Labute approximate surface area is 83.5 Å². The van der Waals surface area contributed by atoms with E-state index in [-0.39, 0.29) is 11.4 Å². The first kappa shape index (κ1) is 10.7. The fraction of sp³-hybridized carbons (Fsp3) is 0.111. The SMILES string of the molecule is C=CCNS(=O)(=O)c1cccc(N)c1. The fourth-order valence-electron chi connectivity index (χ4n) is 0.934. The smallest absolute Gasteiger partial charge is 0.240 e. The van der Waals surface area contributed by atoms with Crippen molar-refractivity contribution in [1.29, 1.82) is 0 Å². The molecule has 0 bridgehead atoms. The lowest BCUT2D eigenvalue weighted by Gasteiger charge is -2.04. The molecule has 76 valence electrons. The van der Waals surface area contributed by atoms with Crippen molar-refractivity contribution in [2.75, 3.05) is 12.3 Å². The van der Waals surface area contributed by atoms with Gasteiger partial charge in [-0.05, 0) is 18.2 Å². The lowest BCUT2D eigenvalue weighted by molar-refractivity contribution is 0.585. The molecule has 0 aliphatic rings. The predicted molar refractivity (Wildman–Crippen MR) is 56.2 cm³/mol. The van der Waals surface area contributed by atoms with Gasteiger partial charge in [0.05, 0.1) is 4.90 Å². The molecule has 0 amide bonds. The summed E-state index contributed by atoms with van der Waals surface area (Å²) in [7, 11) is -3.45. The first-order valence-corrected chi connectivity index (χ1v) is 5.50. The van der Waals surface area contributed by atoms with Gasteiger partial charge >= 0.3 is 0 Å². The van der Waals surface area contributed by atoms with Gasteiger partial charge in [-0.1, -0.05) is 12.1 Å². The summed E-state index contributed by atoms with van der Waals surface area (Å²) in [6.07, 6.45) is 1.48. The average Bonchev–Trinajstić information content (AvgIpc) is 2.15. The van der Waals surface area contributed by atoms with Crippen LogP contribution in [0.15, 0.2) is 41.8 Å². The van der Waals surface area contributed by atoms with E-state index >= 15 is 0 Å². The van der Waals surface area contributed by atoms with Gasteiger partial charge in [-0.3, -0.25) is 0 Å². The Morgan fingerprint density at radius 1 is 1.50 bits per heavy atom. The molecular formula is C9H12N2O2S. The molecule has 1 aromatic carbocycles. The molecule has 0 atom stereocenters. The van der Waals surface area contributed by atoms with Gasteiger partial charge in [0.1, 0.15) is 0 Å². The number of hydrogen-bond acceptors (Lipinski definition) is 3. The normalized spacial score (nSPS) is 11.1. The average molecular weight is 212 g/mol. The highest BCUT2D eigenvalue weighted by Crippen LogP contribution is 2.11. The second-order valence-corrected chi connectivity index (χ2v) is 4.48. The molecule has 0 aliphatic heterocycles. The van der Waals surface area contributed by atoms with E-state index in [1.807, 2.05) is 0 Å². The first-order valence-electron chi connectivity index (χ1n) is 4.02. The summed E-state index contributed by atoms with van der Waals surface area (Å²) in [5.74, 6) is 0. The van der Waals surface area contributed by atoms with Gasteiger partial charge in [0.25, 0.3) is 0 Å². The Bertz CT molecular complexity index is 426. The largest absolute Gasteiger partial charge is 0.399 e. The molecule has 0 saturated heterocycles. The van der Waals surface area contributed by atoms with Gasteiger partial charge in [-0.2, -0.15) is 0 Å². The molecule has 0 fully saturated rings. The molecule has 5 heteroatoms. The van der Waals surface area contributed by atoms with Crippen LogP contribution in [0.3, 0.4) is 0 Å². The van der Waals surface area contributed by atoms with Crippen LogP contribution in [0.4, 0.5) is 5.69 Å². The molecule has 0 saturated carbocycles. The molecule has 0 heterocycles. The summed E-state index contributed by atoms with van der Waals surface area (Å²) in [6, 6.07) is 6.12. The number of rotatable bonds is 4. The van der Waals surface area contributed by atoms with Crippen LogP contribution >= 0.6 is 0 Å². The van der Waals surface area contributed by atoms with Crippen molar-refractivity contribution in [3.63, 3.8) is 0 Å². The number of hydrogen-bond donors (Lipinski definition) is 2. The number of nitrogens with two attached hydrogens (primary N) is 1. The van der Waals surface area contributed by atoms with Gasteiger partial charge in [0.15, 0.2) is 0 Å². The van der Waals surface area contributed by atoms with E-state index in [2.05, 4.69) is 11.3 Å².